The van der Waals surface area contributed by atoms with Gasteiger partial charge in [-0.25, -0.2) is 4.79 Å². The van der Waals surface area contributed by atoms with Crippen LogP contribution in [0.15, 0.2) is 24.3 Å². The van der Waals surface area contributed by atoms with Gasteiger partial charge in [0.1, 0.15) is 6.54 Å². The maximum absolute atomic E-state index is 11.8. The average Bonchev–Trinajstić information content (AvgIpc) is 2.53. The average molecular weight is 382 g/mol. The van der Waals surface area contributed by atoms with Gasteiger partial charge >= 0.3 is 5.97 Å². The van der Waals surface area contributed by atoms with Crippen LogP contribution in [0.5, 0.6) is 0 Å². The summed E-state index contributed by atoms with van der Waals surface area (Å²) in [7, 11) is 5.75. The monoisotopic (exact) mass is 381 g/mol. The van der Waals surface area contributed by atoms with E-state index >= 15 is 0 Å². The maximum Gasteiger partial charge on any atom is 0.331 e. The van der Waals surface area contributed by atoms with E-state index in [1.54, 1.807) is 6.08 Å². The minimum absolute atomic E-state index is 0.288. The number of aliphatic carboxylic acids is 1. The van der Waals surface area contributed by atoms with Crippen molar-refractivity contribution >= 4 is 11.9 Å². The summed E-state index contributed by atoms with van der Waals surface area (Å²) in [4.78, 5) is 22.7. The number of likely N-dealkylation sites (N-methyl/N-ethyl adjacent to an activating group) is 1. The molecule has 0 aromatic heterocycles. The normalized spacial score (nSPS) is 13.3. The number of rotatable bonds is 16. The maximum atomic E-state index is 11.8. The molecule has 0 N–H and O–H groups in total. The number of hydrogen-bond acceptors (Lipinski definition) is 4. The zero-order valence-corrected chi connectivity index (χ0v) is 17.7. The van der Waals surface area contributed by atoms with Gasteiger partial charge in [0.15, 0.2) is 6.10 Å². The highest BCUT2D eigenvalue weighted by Crippen LogP contribution is 2.10. The number of carboxylic acids is 1. The van der Waals surface area contributed by atoms with Gasteiger partial charge in [-0.15, -0.1) is 0 Å². The summed E-state index contributed by atoms with van der Waals surface area (Å²) in [5.41, 5.74) is 0. The fourth-order valence-corrected chi connectivity index (χ4v) is 2.85. The van der Waals surface area contributed by atoms with Gasteiger partial charge in [-0.1, -0.05) is 70.1 Å². The van der Waals surface area contributed by atoms with Crippen molar-refractivity contribution in [1.82, 2.24) is 0 Å². The molecule has 0 aromatic carbocycles. The van der Waals surface area contributed by atoms with Crippen molar-refractivity contribution in [1.29, 1.82) is 0 Å². The number of carboxylic acid groups (broad SMARTS) is 1. The number of allylic oxidation sites excluding steroid dienone is 3. The number of carbonyl (C=O) groups is 2. The predicted octanol–water partition coefficient (Wildman–Crippen LogP) is 3.39. The van der Waals surface area contributed by atoms with E-state index in [1.165, 1.54) is 57.4 Å². The molecule has 0 aliphatic carbocycles. The Balaban J connectivity index is 3.96. The lowest BCUT2D eigenvalue weighted by molar-refractivity contribution is -0.873. The first-order valence-electron chi connectivity index (χ1n) is 10.3. The molecule has 0 aromatic rings. The fourth-order valence-electron chi connectivity index (χ4n) is 2.85. The molecule has 1 unspecified atom stereocenters. The highest BCUT2D eigenvalue weighted by Gasteiger charge is 2.21. The molecule has 0 spiro atoms. The molecule has 0 amide bonds. The zero-order valence-electron chi connectivity index (χ0n) is 17.7. The molecule has 0 fully saturated rings. The highest BCUT2D eigenvalue weighted by atomic mass is 16.5. The lowest BCUT2D eigenvalue weighted by Gasteiger charge is -2.28. The van der Waals surface area contributed by atoms with E-state index in [1.807, 2.05) is 33.3 Å². The smallest absolute Gasteiger partial charge is 0.331 e. The Hall–Kier alpha value is -1.62. The molecule has 156 valence electrons. The topological polar surface area (TPSA) is 66.4 Å². The molecule has 27 heavy (non-hydrogen) atoms. The Morgan fingerprint density at radius 2 is 1.56 bits per heavy atom. The largest absolute Gasteiger partial charge is 0.550 e. The molecule has 0 saturated heterocycles. The van der Waals surface area contributed by atoms with Crippen molar-refractivity contribution in [3.05, 3.63) is 24.3 Å². The molecule has 5 heteroatoms. The summed E-state index contributed by atoms with van der Waals surface area (Å²) in [5.74, 6) is -1.73. The molecule has 0 saturated carbocycles. The van der Waals surface area contributed by atoms with E-state index in [4.69, 9.17) is 4.74 Å². The molecular formula is C22H39NO4. The van der Waals surface area contributed by atoms with Crippen LogP contribution in [0.1, 0.15) is 71.1 Å². The van der Waals surface area contributed by atoms with Gasteiger partial charge in [0.2, 0.25) is 0 Å². The summed E-state index contributed by atoms with van der Waals surface area (Å²) >= 11 is 0. The number of esters is 1. The number of carbonyl (C=O) groups excluding carboxylic acids is 2. The summed E-state index contributed by atoms with van der Waals surface area (Å²) < 4.78 is 5.75. The van der Waals surface area contributed by atoms with E-state index in [9.17, 15) is 14.7 Å². The summed E-state index contributed by atoms with van der Waals surface area (Å²) in [6.07, 6.45) is 17.3. The number of hydrogen-bond donors (Lipinski definition) is 0. The Labute approximate surface area is 165 Å². The minimum Gasteiger partial charge on any atom is -0.550 e. The van der Waals surface area contributed by atoms with Crippen molar-refractivity contribution in [2.24, 2.45) is 0 Å². The van der Waals surface area contributed by atoms with Gasteiger partial charge in [-0.2, -0.15) is 0 Å². The van der Waals surface area contributed by atoms with E-state index in [-0.39, 0.29) is 6.42 Å². The number of ether oxygens (including phenoxy) is 1. The Morgan fingerprint density at radius 1 is 0.963 bits per heavy atom. The van der Waals surface area contributed by atoms with E-state index in [0.29, 0.717) is 11.0 Å². The Morgan fingerprint density at radius 3 is 2.11 bits per heavy atom. The molecular weight excluding hydrogens is 342 g/mol. The summed E-state index contributed by atoms with van der Waals surface area (Å²) in [6, 6.07) is 0. The van der Waals surface area contributed by atoms with Gasteiger partial charge < -0.3 is 19.1 Å². The zero-order chi connectivity index (χ0) is 20.5. The Bertz CT molecular complexity index is 463. The van der Waals surface area contributed by atoms with Crippen LogP contribution in [0.4, 0.5) is 0 Å². The van der Waals surface area contributed by atoms with Crippen molar-refractivity contribution in [3.8, 4) is 0 Å². The van der Waals surface area contributed by atoms with Crippen molar-refractivity contribution in [2.75, 3.05) is 27.7 Å². The first kappa shape index (κ1) is 25.4. The quantitative estimate of drug-likeness (QED) is 0.135. The summed E-state index contributed by atoms with van der Waals surface area (Å²) in [6.45, 7) is 2.65. The Kier molecular flexibility index (Phi) is 14.5. The lowest BCUT2D eigenvalue weighted by atomic mass is 10.1. The van der Waals surface area contributed by atoms with Crippen LogP contribution in [-0.4, -0.2) is 50.2 Å². The van der Waals surface area contributed by atoms with E-state index < -0.39 is 18.0 Å². The SMILES string of the molecule is CCCCCCCCCC/C=C/C=C/C(=O)OC(CC(=O)[O-])C[N+](C)(C)C. The van der Waals surface area contributed by atoms with Crippen LogP contribution in [0.2, 0.25) is 0 Å². The van der Waals surface area contributed by atoms with Crippen molar-refractivity contribution < 1.29 is 23.9 Å². The van der Waals surface area contributed by atoms with Crippen LogP contribution in [0, 0.1) is 0 Å². The second kappa shape index (κ2) is 15.4. The van der Waals surface area contributed by atoms with Gasteiger partial charge in [-0.05, 0) is 12.8 Å². The predicted molar refractivity (Wildman–Crippen MR) is 108 cm³/mol. The highest BCUT2D eigenvalue weighted by molar-refractivity contribution is 5.82. The molecule has 0 bridgehead atoms. The second-order valence-corrected chi connectivity index (χ2v) is 8.16. The van der Waals surface area contributed by atoms with Crippen LogP contribution in [0.3, 0.4) is 0 Å². The molecule has 0 aliphatic rings. The molecule has 0 aliphatic heterocycles. The molecule has 0 rings (SSSR count). The van der Waals surface area contributed by atoms with Gasteiger partial charge in [-0.3, -0.25) is 0 Å². The third kappa shape index (κ3) is 19.0. The summed E-state index contributed by atoms with van der Waals surface area (Å²) in [5, 5.41) is 10.8. The molecule has 0 radical (unpaired) electrons. The first-order chi connectivity index (χ1) is 12.7. The third-order valence-corrected chi connectivity index (χ3v) is 4.13. The number of unbranched alkanes of at least 4 members (excludes halogenated alkanes) is 8. The van der Waals surface area contributed by atoms with Crippen LogP contribution in [-0.2, 0) is 14.3 Å². The second-order valence-electron chi connectivity index (χ2n) is 8.16. The van der Waals surface area contributed by atoms with E-state index in [0.717, 1.165) is 6.42 Å². The standard InChI is InChI=1S/C22H39NO4/c1-5-6-7-8-9-10-11-12-13-14-15-16-17-22(26)27-20(18-21(24)25)19-23(2,3)4/h14-17,20H,5-13,18-19H2,1-4H3/b15-14+,17-16+. The van der Waals surface area contributed by atoms with Crippen LogP contribution in [0.25, 0.3) is 0 Å². The lowest BCUT2D eigenvalue weighted by Crippen LogP contribution is -2.45. The minimum atomic E-state index is -1.21. The fraction of sp³-hybridized carbons (Fsp3) is 0.727. The molecule has 5 nitrogen and oxygen atoms in total. The molecule has 1 atom stereocenters. The van der Waals surface area contributed by atoms with Crippen LogP contribution >= 0.6 is 0 Å². The van der Waals surface area contributed by atoms with Gasteiger partial charge in [0, 0.05) is 18.5 Å². The van der Waals surface area contributed by atoms with Crippen LogP contribution < -0.4 is 5.11 Å². The number of quaternary nitrogens is 1. The van der Waals surface area contributed by atoms with Gasteiger partial charge in [0.05, 0.1) is 21.1 Å². The van der Waals surface area contributed by atoms with Crippen molar-refractivity contribution in [3.63, 3.8) is 0 Å². The van der Waals surface area contributed by atoms with Gasteiger partial charge in [0.25, 0.3) is 0 Å². The van der Waals surface area contributed by atoms with Crippen molar-refractivity contribution in [2.45, 2.75) is 77.2 Å². The van der Waals surface area contributed by atoms with E-state index in [2.05, 4.69) is 6.92 Å². The molecule has 0 heterocycles. The first-order valence-corrected chi connectivity index (χ1v) is 10.3. The third-order valence-electron chi connectivity index (χ3n) is 4.13. The number of nitrogens with zero attached hydrogens (tertiary/aromatic N) is 1.